The van der Waals surface area contributed by atoms with Crippen LogP contribution in [0.25, 0.3) is 0 Å². The molecule has 2 rings (SSSR count). The Morgan fingerprint density at radius 1 is 1.21 bits per heavy atom. The molecule has 1 heterocycles. The summed E-state index contributed by atoms with van der Waals surface area (Å²) in [5.74, 6) is 2.11. The lowest BCUT2D eigenvalue weighted by molar-refractivity contribution is 0.627. The number of hydrogen-bond acceptors (Lipinski definition) is 4. The molecule has 0 radical (unpaired) electrons. The number of nitrogens with one attached hydrogen (secondary N) is 1. The smallest absolute Gasteiger partial charge is 0.134 e. The van der Waals surface area contributed by atoms with Crippen LogP contribution >= 0.6 is 0 Å². The molecule has 1 aromatic heterocycles. The number of aryl methyl sites for hydroxylation is 1. The number of nitrogens with zero attached hydrogens (tertiary/aromatic N) is 3. The normalized spacial score (nSPS) is 10.3. The van der Waals surface area contributed by atoms with Crippen molar-refractivity contribution in [2.75, 3.05) is 24.3 Å². The third-order valence-electron chi connectivity index (χ3n) is 2.80. The molecule has 19 heavy (non-hydrogen) atoms. The van der Waals surface area contributed by atoms with E-state index in [4.69, 9.17) is 0 Å². The van der Waals surface area contributed by atoms with E-state index in [-0.39, 0.29) is 5.82 Å². The summed E-state index contributed by atoms with van der Waals surface area (Å²) >= 11 is 0. The lowest BCUT2D eigenvalue weighted by Crippen LogP contribution is -2.18. The summed E-state index contributed by atoms with van der Waals surface area (Å²) in [6.45, 7) is 2.52. The van der Waals surface area contributed by atoms with Gasteiger partial charge in [0.2, 0.25) is 0 Å². The van der Waals surface area contributed by atoms with E-state index in [1.54, 1.807) is 12.1 Å². The highest BCUT2D eigenvalue weighted by molar-refractivity contribution is 5.49. The van der Waals surface area contributed by atoms with Crippen LogP contribution in [0.4, 0.5) is 16.0 Å². The summed E-state index contributed by atoms with van der Waals surface area (Å²) in [5.41, 5.74) is 1.03. The molecule has 100 valence electrons. The van der Waals surface area contributed by atoms with Gasteiger partial charge < -0.3 is 10.2 Å². The molecule has 0 aliphatic rings. The van der Waals surface area contributed by atoms with Gasteiger partial charge in [-0.25, -0.2) is 14.4 Å². The van der Waals surface area contributed by atoms with Gasteiger partial charge in [0.05, 0.1) is 0 Å². The average molecular weight is 260 g/mol. The van der Waals surface area contributed by atoms with E-state index in [1.807, 2.05) is 32.0 Å². The number of halogens is 1. The Morgan fingerprint density at radius 2 is 1.89 bits per heavy atom. The minimum Gasteiger partial charge on any atom is -0.373 e. The van der Waals surface area contributed by atoms with E-state index in [1.165, 1.54) is 12.1 Å². The van der Waals surface area contributed by atoms with Crippen molar-refractivity contribution in [2.45, 2.75) is 13.5 Å². The average Bonchev–Trinajstić information content (AvgIpc) is 2.40. The summed E-state index contributed by atoms with van der Waals surface area (Å²) in [6, 6.07) is 8.37. The second kappa shape index (κ2) is 5.65. The molecular weight excluding hydrogens is 243 g/mol. The third-order valence-corrected chi connectivity index (χ3v) is 2.80. The SMILES string of the molecule is CNc1cc(N(C)Cc2ccc(F)cc2)nc(C)n1. The summed E-state index contributed by atoms with van der Waals surface area (Å²) in [7, 11) is 3.77. The molecule has 5 heteroatoms. The van der Waals surface area contributed by atoms with E-state index in [0.29, 0.717) is 12.4 Å². The van der Waals surface area contributed by atoms with E-state index in [2.05, 4.69) is 15.3 Å². The minimum atomic E-state index is -0.221. The van der Waals surface area contributed by atoms with Crippen LogP contribution in [0.2, 0.25) is 0 Å². The molecule has 0 unspecified atom stereocenters. The zero-order valence-corrected chi connectivity index (χ0v) is 11.3. The van der Waals surface area contributed by atoms with Crippen molar-refractivity contribution in [1.29, 1.82) is 0 Å². The monoisotopic (exact) mass is 260 g/mol. The highest BCUT2D eigenvalue weighted by Crippen LogP contribution is 2.16. The quantitative estimate of drug-likeness (QED) is 0.917. The van der Waals surface area contributed by atoms with Gasteiger partial charge in [-0.15, -0.1) is 0 Å². The summed E-state index contributed by atoms with van der Waals surface area (Å²) in [5, 5.41) is 3.01. The van der Waals surface area contributed by atoms with Crippen molar-refractivity contribution in [3.8, 4) is 0 Å². The van der Waals surface area contributed by atoms with Gasteiger partial charge in [-0.2, -0.15) is 0 Å². The summed E-state index contributed by atoms with van der Waals surface area (Å²) in [4.78, 5) is 10.7. The van der Waals surface area contributed by atoms with Crippen molar-refractivity contribution in [1.82, 2.24) is 9.97 Å². The zero-order chi connectivity index (χ0) is 13.8. The molecule has 0 saturated carbocycles. The van der Waals surface area contributed by atoms with Crippen LogP contribution in [0.15, 0.2) is 30.3 Å². The summed E-state index contributed by atoms with van der Waals surface area (Å²) in [6.07, 6.45) is 0. The Balaban J connectivity index is 2.17. The van der Waals surface area contributed by atoms with Crippen LogP contribution in [0.5, 0.6) is 0 Å². The first-order valence-electron chi connectivity index (χ1n) is 6.07. The maximum atomic E-state index is 12.9. The molecule has 0 atom stereocenters. The van der Waals surface area contributed by atoms with Crippen LogP contribution in [0, 0.1) is 12.7 Å². The lowest BCUT2D eigenvalue weighted by Gasteiger charge is -2.19. The molecule has 0 fully saturated rings. The maximum Gasteiger partial charge on any atom is 0.134 e. The standard InChI is InChI=1S/C14H17FN4/c1-10-17-13(16-2)8-14(18-10)19(3)9-11-4-6-12(15)7-5-11/h4-8H,9H2,1-3H3,(H,16,17,18). The number of hydrogen-bond donors (Lipinski definition) is 1. The fraction of sp³-hybridized carbons (Fsp3) is 0.286. The van der Waals surface area contributed by atoms with E-state index < -0.39 is 0 Å². The largest absolute Gasteiger partial charge is 0.373 e. The first-order valence-corrected chi connectivity index (χ1v) is 6.07. The van der Waals surface area contributed by atoms with Crippen molar-refractivity contribution >= 4 is 11.6 Å². The number of benzene rings is 1. The Hall–Kier alpha value is -2.17. The van der Waals surface area contributed by atoms with Crippen molar-refractivity contribution in [3.63, 3.8) is 0 Å². The highest BCUT2D eigenvalue weighted by atomic mass is 19.1. The Kier molecular flexibility index (Phi) is 3.94. The van der Waals surface area contributed by atoms with E-state index >= 15 is 0 Å². The van der Waals surface area contributed by atoms with Crippen molar-refractivity contribution in [2.24, 2.45) is 0 Å². The highest BCUT2D eigenvalue weighted by Gasteiger charge is 2.07. The first-order chi connectivity index (χ1) is 9.08. The van der Waals surface area contributed by atoms with Gasteiger partial charge in [0, 0.05) is 26.7 Å². The Bertz CT molecular complexity index is 554. The van der Waals surface area contributed by atoms with Gasteiger partial charge in [0.1, 0.15) is 23.3 Å². The van der Waals surface area contributed by atoms with Crippen molar-refractivity contribution < 1.29 is 4.39 Å². The Morgan fingerprint density at radius 3 is 2.53 bits per heavy atom. The molecule has 0 spiro atoms. The number of anilines is 2. The first kappa shape index (κ1) is 13.3. The predicted molar refractivity (Wildman–Crippen MR) is 74.8 cm³/mol. The fourth-order valence-electron chi connectivity index (χ4n) is 1.82. The predicted octanol–water partition coefficient (Wildman–Crippen LogP) is 2.60. The van der Waals surface area contributed by atoms with Gasteiger partial charge in [0.25, 0.3) is 0 Å². The molecule has 2 aromatic rings. The van der Waals surface area contributed by atoms with E-state index in [9.17, 15) is 4.39 Å². The van der Waals surface area contributed by atoms with Crippen LogP contribution in [-0.2, 0) is 6.54 Å². The van der Waals surface area contributed by atoms with Gasteiger partial charge >= 0.3 is 0 Å². The molecule has 1 aromatic carbocycles. The zero-order valence-electron chi connectivity index (χ0n) is 11.3. The molecule has 0 saturated heterocycles. The van der Waals surface area contributed by atoms with Gasteiger partial charge in [0.15, 0.2) is 0 Å². The van der Waals surface area contributed by atoms with E-state index in [0.717, 1.165) is 17.2 Å². The Labute approximate surface area is 112 Å². The maximum absolute atomic E-state index is 12.9. The topological polar surface area (TPSA) is 41.0 Å². The third kappa shape index (κ3) is 3.40. The molecule has 0 aliphatic heterocycles. The van der Waals surface area contributed by atoms with Crippen LogP contribution in [0.1, 0.15) is 11.4 Å². The molecular formula is C14H17FN4. The number of aromatic nitrogens is 2. The molecule has 0 bridgehead atoms. The fourth-order valence-corrected chi connectivity index (χ4v) is 1.82. The summed E-state index contributed by atoms with van der Waals surface area (Å²) < 4.78 is 12.9. The minimum absolute atomic E-state index is 0.221. The van der Waals surface area contributed by atoms with Crippen LogP contribution in [0.3, 0.4) is 0 Å². The molecule has 4 nitrogen and oxygen atoms in total. The second-order valence-corrected chi connectivity index (χ2v) is 4.39. The number of rotatable bonds is 4. The van der Waals surface area contributed by atoms with Gasteiger partial charge in [-0.05, 0) is 24.6 Å². The second-order valence-electron chi connectivity index (χ2n) is 4.39. The van der Waals surface area contributed by atoms with Gasteiger partial charge in [-0.3, -0.25) is 0 Å². The van der Waals surface area contributed by atoms with Gasteiger partial charge in [-0.1, -0.05) is 12.1 Å². The van der Waals surface area contributed by atoms with Crippen molar-refractivity contribution in [3.05, 3.63) is 47.5 Å². The molecule has 1 N–H and O–H groups in total. The lowest BCUT2D eigenvalue weighted by atomic mass is 10.2. The van der Waals surface area contributed by atoms with Crippen LogP contribution in [-0.4, -0.2) is 24.1 Å². The van der Waals surface area contributed by atoms with Crippen LogP contribution < -0.4 is 10.2 Å². The molecule has 0 amide bonds. The molecule has 0 aliphatic carbocycles.